The van der Waals surface area contributed by atoms with Crippen LogP contribution in [0.5, 0.6) is 0 Å². The molecule has 1 aromatic carbocycles. The van der Waals surface area contributed by atoms with Crippen molar-refractivity contribution in [3.05, 3.63) is 53.1 Å². The summed E-state index contributed by atoms with van der Waals surface area (Å²) >= 11 is 1.92. The second-order valence-electron chi connectivity index (χ2n) is 3.77. The SMILES string of the molecule is C1=CCSC(N2CCc3ccccc32)=C1. The minimum atomic E-state index is 1.10. The average molecular weight is 215 g/mol. The van der Waals surface area contributed by atoms with E-state index < -0.39 is 0 Å². The maximum Gasteiger partial charge on any atom is 0.0755 e. The highest BCUT2D eigenvalue weighted by Gasteiger charge is 2.21. The lowest BCUT2D eigenvalue weighted by atomic mass is 10.2. The van der Waals surface area contributed by atoms with E-state index in [2.05, 4.69) is 47.4 Å². The van der Waals surface area contributed by atoms with Crippen LogP contribution in [-0.2, 0) is 6.42 Å². The summed E-state index contributed by atoms with van der Waals surface area (Å²) in [6.07, 6.45) is 7.76. The third-order valence-electron chi connectivity index (χ3n) is 2.86. The highest BCUT2D eigenvalue weighted by atomic mass is 32.2. The van der Waals surface area contributed by atoms with E-state index >= 15 is 0 Å². The minimum absolute atomic E-state index is 1.10. The van der Waals surface area contributed by atoms with Gasteiger partial charge in [0.25, 0.3) is 0 Å². The fourth-order valence-corrected chi connectivity index (χ4v) is 3.02. The lowest BCUT2D eigenvalue weighted by Gasteiger charge is -2.23. The van der Waals surface area contributed by atoms with Gasteiger partial charge in [0, 0.05) is 18.0 Å². The Bertz CT molecular complexity index is 434. The first-order valence-corrected chi connectivity index (χ1v) is 6.29. The van der Waals surface area contributed by atoms with E-state index in [0.29, 0.717) is 0 Å². The molecule has 0 unspecified atom stereocenters. The van der Waals surface area contributed by atoms with Crippen molar-refractivity contribution in [3.63, 3.8) is 0 Å². The molecule has 0 bridgehead atoms. The van der Waals surface area contributed by atoms with E-state index in [1.54, 1.807) is 0 Å². The van der Waals surface area contributed by atoms with Crippen molar-refractivity contribution in [3.8, 4) is 0 Å². The Morgan fingerprint density at radius 2 is 2.13 bits per heavy atom. The number of benzene rings is 1. The summed E-state index contributed by atoms with van der Waals surface area (Å²) in [7, 11) is 0. The molecule has 2 heterocycles. The van der Waals surface area contributed by atoms with Crippen molar-refractivity contribution in [2.75, 3.05) is 17.2 Å². The predicted molar refractivity (Wildman–Crippen MR) is 67.2 cm³/mol. The first-order valence-electron chi connectivity index (χ1n) is 5.30. The Morgan fingerprint density at radius 1 is 1.20 bits per heavy atom. The Labute approximate surface area is 94.5 Å². The number of rotatable bonds is 1. The minimum Gasteiger partial charge on any atom is -0.336 e. The average Bonchev–Trinajstić information content (AvgIpc) is 2.74. The summed E-state index contributed by atoms with van der Waals surface area (Å²) in [5.41, 5.74) is 2.88. The van der Waals surface area contributed by atoms with Crippen LogP contribution in [0.3, 0.4) is 0 Å². The molecule has 1 aromatic rings. The van der Waals surface area contributed by atoms with Crippen molar-refractivity contribution in [2.45, 2.75) is 6.42 Å². The summed E-state index contributed by atoms with van der Waals surface area (Å²) in [5.74, 6) is 1.10. The second kappa shape index (κ2) is 3.78. The lowest BCUT2D eigenvalue weighted by molar-refractivity contribution is 0.982. The van der Waals surface area contributed by atoms with Gasteiger partial charge in [-0.2, -0.15) is 0 Å². The zero-order valence-corrected chi connectivity index (χ0v) is 9.33. The fraction of sp³-hybridized carbons (Fsp3) is 0.231. The molecule has 0 spiro atoms. The molecule has 0 radical (unpaired) electrons. The summed E-state index contributed by atoms with van der Waals surface area (Å²) in [6.45, 7) is 1.13. The summed E-state index contributed by atoms with van der Waals surface area (Å²) in [6, 6.07) is 8.72. The van der Waals surface area contributed by atoms with Crippen molar-refractivity contribution in [1.82, 2.24) is 0 Å². The topological polar surface area (TPSA) is 3.24 Å². The Balaban J connectivity index is 1.96. The molecule has 0 atom stereocenters. The smallest absolute Gasteiger partial charge is 0.0755 e. The Kier molecular flexibility index (Phi) is 2.29. The van der Waals surface area contributed by atoms with Gasteiger partial charge in [-0.25, -0.2) is 0 Å². The summed E-state index contributed by atoms with van der Waals surface area (Å²) in [5, 5.41) is 1.39. The highest BCUT2D eigenvalue weighted by molar-refractivity contribution is 8.03. The molecule has 76 valence electrons. The van der Waals surface area contributed by atoms with Crippen molar-refractivity contribution in [2.24, 2.45) is 0 Å². The van der Waals surface area contributed by atoms with Gasteiger partial charge >= 0.3 is 0 Å². The zero-order valence-electron chi connectivity index (χ0n) is 8.52. The lowest BCUT2D eigenvalue weighted by Crippen LogP contribution is -2.18. The van der Waals surface area contributed by atoms with Gasteiger partial charge in [0.1, 0.15) is 0 Å². The molecule has 1 nitrogen and oxygen atoms in total. The Hall–Kier alpha value is -1.15. The van der Waals surface area contributed by atoms with Crippen LogP contribution in [0, 0.1) is 0 Å². The van der Waals surface area contributed by atoms with Crippen LogP contribution in [0.4, 0.5) is 5.69 Å². The van der Waals surface area contributed by atoms with Gasteiger partial charge in [-0.1, -0.05) is 30.4 Å². The van der Waals surface area contributed by atoms with Gasteiger partial charge in [0.05, 0.1) is 5.03 Å². The van der Waals surface area contributed by atoms with Gasteiger partial charge in [0.15, 0.2) is 0 Å². The normalized spacial score (nSPS) is 18.9. The number of thioether (sulfide) groups is 1. The molecule has 2 aliphatic heterocycles. The van der Waals surface area contributed by atoms with Crippen LogP contribution in [0.2, 0.25) is 0 Å². The largest absolute Gasteiger partial charge is 0.336 e. The molecule has 0 N–H and O–H groups in total. The van der Waals surface area contributed by atoms with E-state index in [1.807, 2.05) is 11.8 Å². The molecule has 2 heteroatoms. The number of nitrogens with zero attached hydrogens (tertiary/aromatic N) is 1. The third-order valence-corrected chi connectivity index (χ3v) is 3.87. The van der Waals surface area contributed by atoms with Crippen LogP contribution >= 0.6 is 11.8 Å². The quantitative estimate of drug-likeness (QED) is 0.707. The number of fused-ring (bicyclic) bond motifs is 1. The molecule has 2 aliphatic rings. The molecule has 0 saturated heterocycles. The van der Waals surface area contributed by atoms with Crippen LogP contribution in [0.1, 0.15) is 5.56 Å². The van der Waals surface area contributed by atoms with Gasteiger partial charge in [0.2, 0.25) is 0 Å². The standard InChI is InChI=1S/C13H13NS/c1-2-6-12-11(5-1)8-9-14(12)13-7-3-4-10-15-13/h1-7H,8-10H2. The van der Waals surface area contributed by atoms with Gasteiger partial charge < -0.3 is 4.90 Å². The first-order chi connectivity index (χ1) is 7.45. The van der Waals surface area contributed by atoms with E-state index in [-0.39, 0.29) is 0 Å². The van der Waals surface area contributed by atoms with Crippen molar-refractivity contribution >= 4 is 17.4 Å². The highest BCUT2D eigenvalue weighted by Crippen LogP contribution is 2.35. The molecule has 15 heavy (non-hydrogen) atoms. The molecule has 0 fully saturated rings. The van der Waals surface area contributed by atoms with Crippen LogP contribution in [0.15, 0.2) is 47.5 Å². The zero-order chi connectivity index (χ0) is 10.1. The van der Waals surface area contributed by atoms with Gasteiger partial charge in [-0.15, -0.1) is 11.8 Å². The second-order valence-corrected chi connectivity index (χ2v) is 4.81. The molecular weight excluding hydrogens is 202 g/mol. The number of para-hydroxylation sites is 1. The van der Waals surface area contributed by atoms with E-state index in [9.17, 15) is 0 Å². The number of allylic oxidation sites excluding steroid dienone is 2. The molecule has 0 amide bonds. The predicted octanol–water partition coefficient (Wildman–Crippen LogP) is 3.19. The summed E-state index contributed by atoms with van der Waals surface area (Å²) in [4.78, 5) is 2.43. The first kappa shape index (κ1) is 9.10. The Morgan fingerprint density at radius 3 is 3.00 bits per heavy atom. The number of hydrogen-bond acceptors (Lipinski definition) is 2. The molecule has 0 aliphatic carbocycles. The number of hydrogen-bond donors (Lipinski definition) is 0. The van der Waals surface area contributed by atoms with E-state index in [0.717, 1.165) is 12.3 Å². The molecule has 0 aromatic heterocycles. The molecular formula is C13H13NS. The van der Waals surface area contributed by atoms with Crippen molar-refractivity contribution < 1.29 is 0 Å². The van der Waals surface area contributed by atoms with Gasteiger partial charge in [-0.3, -0.25) is 0 Å². The van der Waals surface area contributed by atoms with Crippen LogP contribution < -0.4 is 4.90 Å². The number of anilines is 1. The van der Waals surface area contributed by atoms with Crippen LogP contribution in [-0.4, -0.2) is 12.3 Å². The maximum absolute atomic E-state index is 2.43. The van der Waals surface area contributed by atoms with Gasteiger partial charge in [-0.05, 0) is 24.1 Å². The third kappa shape index (κ3) is 1.59. The van der Waals surface area contributed by atoms with E-state index in [1.165, 1.54) is 22.7 Å². The molecule has 0 saturated carbocycles. The van der Waals surface area contributed by atoms with Crippen molar-refractivity contribution in [1.29, 1.82) is 0 Å². The summed E-state index contributed by atoms with van der Waals surface area (Å²) < 4.78 is 0. The maximum atomic E-state index is 2.43. The van der Waals surface area contributed by atoms with E-state index in [4.69, 9.17) is 0 Å². The molecule has 3 rings (SSSR count). The fourth-order valence-electron chi connectivity index (χ4n) is 2.12. The van der Waals surface area contributed by atoms with Crippen LogP contribution in [0.25, 0.3) is 0 Å². The monoisotopic (exact) mass is 215 g/mol.